The zero-order valence-corrected chi connectivity index (χ0v) is 18.0. The number of nitrogens with one attached hydrogen (secondary N) is 1. The summed E-state index contributed by atoms with van der Waals surface area (Å²) in [4.78, 5) is 2.68. The van der Waals surface area contributed by atoms with Gasteiger partial charge in [-0.3, -0.25) is 4.72 Å². The zero-order valence-electron chi connectivity index (χ0n) is 17.2. The predicted molar refractivity (Wildman–Crippen MR) is 118 cm³/mol. The molecule has 2 aliphatic carbocycles. The van der Waals surface area contributed by atoms with Crippen molar-refractivity contribution in [1.82, 2.24) is 4.90 Å². The van der Waals surface area contributed by atoms with Crippen LogP contribution in [0.2, 0.25) is 0 Å². The summed E-state index contributed by atoms with van der Waals surface area (Å²) in [5.74, 6) is 2.97. The molecule has 0 radical (unpaired) electrons. The van der Waals surface area contributed by atoms with Crippen molar-refractivity contribution in [3.8, 4) is 0 Å². The Labute approximate surface area is 174 Å². The summed E-state index contributed by atoms with van der Waals surface area (Å²) in [6.45, 7) is 5.87. The van der Waals surface area contributed by atoms with Crippen LogP contribution in [0.15, 0.2) is 54.6 Å². The Morgan fingerprint density at radius 2 is 1.79 bits per heavy atom. The van der Waals surface area contributed by atoms with Gasteiger partial charge >= 0.3 is 0 Å². The average Bonchev–Trinajstić information content (AvgIpc) is 3.53. The molecule has 1 N–H and O–H groups in total. The first kappa shape index (κ1) is 19.1. The van der Waals surface area contributed by atoms with Crippen molar-refractivity contribution in [1.29, 1.82) is 0 Å². The van der Waals surface area contributed by atoms with Gasteiger partial charge in [0.25, 0.3) is 0 Å². The summed E-state index contributed by atoms with van der Waals surface area (Å²) in [6, 6.07) is 19.0. The number of nitrogens with zero attached hydrogens (tertiary/aromatic N) is 1. The van der Waals surface area contributed by atoms with Crippen molar-refractivity contribution in [2.45, 2.75) is 31.1 Å². The molecule has 4 atom stereocenters. The maximum atomic E-state index is 11.6. The lowest BCUT2D eigenvalue weighted by Gasteiger charge is -2.27. The highest BCUT2D eigenvalue weighted by Gasteiger charge is 2.67. The van der Waals surface area contributed by atoms with Crippen molar-refractivity contribution < 1.29 is 8.42 Å². The van der Waals surface area contributed by atoms with Gasteiger partial charge in [0, 0.05) is 30.7 Å². The third-order valence-electron chi connectivity index (χ3n) is 7.54. The third-order valence-corrected chi connectivity index (χ3v) is 8.15. The number of likely N-dealkylation sites (tertiary alicyclic amines) is 1. The van der Waals surface area contributed by atoms with E-state index < -0.39 is 10.0 Å². The van der Waals surface area contributed by atoms with Crippen LogP contribution in [0, 0.1) is 17.8 Å². The second kappa shape index (κ2) is 6.85. The van der Waals surface area contributed by atoms with E-state index in [0.29, 0.717) is 17.5 Å². The Morgan fingerprint density at radius 1 is 1.07 bits per heavy atom. The molecule has 0 amide bonds. The van der Waals surface area contributed by atoms with Crippen LogP contribution in [-0.4, -0.2) is 39.2 Å². The molecule has 0 aromatic heterocycles. The van der Waals surface area contributed by atoms with Crippen molar-refractivity contribution in [3.63, 3.8) is 0 Å². The zero-order chi connectivity index (χ0) is 20.2. The van der Waals surface area contributed by atoms with Crippen LogP contribution in [0.4, 0.5) is 5.69 Å². The molecular formula is C24H30N2O2S. The molecule has 1 heterocycles. The van der Waals surface area contributed by atoms with E-state index >= 15 is 0 Å². The Bertz CT molecular complexity index is 993. The third kappa shape index (κ3) is 3.49. The molecule has 1 aliphatic heterocycles. The monoisotopic (exact) mass is 410 g/mol. The molecule has 3 fully saturated rings. The summed E-state index contributed by atoms with van der Waals surface area (Å²) >= 11 is 0. The summed E-state index contributed by atoms with van der Waals surface area (Å²) in [5, 5.41) is 0. The quantitative estimate of drug-likeness (QED) is 0.749. The van der Waals surface area contributed by atoms with Gasteiger partial charge in [0.05, 0.1) is 6.26 Å². The fraction of sp³-hybridized carbons (Fsp3) is 0.500. The summed E-state index contributed by atoms with van der Waals surface area (Å²) < 4.78 is 25.8. The lowest BCUT2D eigenvalue weighted by atomic mass is 9.87. The first-order valence-electron chi connectivity index (χ1n) is 10.8. The van der Waals surface area contributed by atoms with E-state index in [4.69, 9.17) is 0 Å². The largest absolute Gasteiger partial charge is 0.302 e. The lowest BCUT2D eigenvalue weighted by Crippen LogP contribution is -2.32. The highest BCUT2D eigenvalue weighted by Crippen LogP contribution is 2.66. The number of rotatable bonds is 7. The molecule has 0 bridgehead atoms. The molecule has 2 aromatic rings. The van der Waals surface area contributed by atoms with Crippen LogP contribution < -0.4 is 4.72 Å². The number of hydrogen-bond acceptors (Lipinski definition) is 3. The van der Waals surface area contributed by atoms with E-state index in [-0.39, 0.29) is 5.41 Å². The van der Waals surface area contributed by atoms with Gasteiger partial charge < -0.3 is 4.90 Å². The normalized spacial score (nSPS) is 33.3. The second-order valence-corrected chi connectivity index (χ2v) is 11.0. The standard InChI is InChI=1S/C24H30N2O2S/c1-3-24(19-10-7-11-20(13-19)25-29(2,27)28)22-15-26(16-23(22)24)14-18-12-21(18)17-8-5-4-6-9-17/h4-11,13,18,21-23,25H,3,12,14-16H2,1-2H3. The molecule has 3 aliphatic rings. The van der Waals surface area contributed by atoms with Crippen LogP contribution >= 0.6 is 0 Å². The molecule has 5 heteroatoms. The minimum Gasteiger partial charge on any atom is -0.302 e. The highest BCUT2D eigenvalue weighted by molar-refractivity contribution is 7.92. The molecule has 4 unspecified atom stereocenters. The van der Waals surface area contributed by atoms with Gasteiger partial charge in [-0.15, -0.1) is 0 Å². The SMILES string of the molecule is CCC1(c2cccc(NS(C)(=O)=O)c2)C2CN(CC3CC3c3ccccc3)CC21. The van der Waals surface area contributed by atoms with Crippen molar-refractivity contribution >= 4 is 15.7 Å². The van der Waals surface area contributed by atoms with Crippen molar-refractivity contribution in [2.24, 2.45) is 17.8 Å². The molecule has 1 saturated heterocycles. The first-order chi connectivity index (χ1) is 13.9. The van der Waals surface area contributed by atoms with Gasteiger partial charge in [0.2, 0.25) is 10.0 Å². The molecule has 4 nitrogen and oxygen atoms in total. The fourth-order valence-corrected chi connectivity index (χ4v) is 6.65. The maximum absolute atomic E-state index is 11.6. The maximum Gasteiger partial charge on any atom is 0.229 e. The second-order valence-electron chi connectivity index (χ2n) is 9.29. The number of sulfonamides is 1. The predicted octanol–water partition coefficient (Wildman–Crippen LogP) is 4.07. The molecule has 2 saturated carbocycles. The summed E-state index contributed by atoms with van der Waals surface area (Å²) in [6.07, 6.45) is 3.65. The van der Waals surface area contributed by atoms with Crippen LogP contribution in [0.1, 0.15) is 36.8 Å². The molecule has 5 rings (SSSR count). The average molecular weight is 411 g/mol. The van der Waals surface area contributed by atoms with Gasteiger partial charge in [-0.2, -0.15) is 0 Å². The molecular weight excluding hydrogens is 380 g/mol. The number of hydrogen-bond donors (Lipinski definition) is 1. The van der Waals surface area contributed by atoms with Gasteiger partial charge in [0.15, 0.2) is 0 Å². The van der Waals surface area contributed by atoms with Crippen molar-refractivity contribution in [3.05, 3.63) is 65.7 Å². The van der Waals surface area contributed by atoms with Crippen molar-refractivity contribution in [2.75, 3.05) is 30.6 Å². The molecule has 154 valence electrons. The smallest absolute Gasteiger partial charge is 0.229 e. The molecule has 0 spiro atoms. The Balaban J connectivity index is 1.23. The molecule has 2 aromatic carbocycles. The topological polar surface area (TPSA) is 49.4 Å². The number of benzene rings is 2. The van der Waals surface area contributed by atoms with E-state index in [1.165, 1.54) is 43.4 Å². The minimum atomic E-state index is -3.25. The lowest BCUT2D eigenvalue weighted by molar-refractivity contribution is 0.258. The summed E-state index contributed by atoms with van der Waals surface area (Å²) in [5.41, 5.74) is 3.72. The number of fused-ring (bicyclic) bond motifs is 1. The Morgan fingerprint density at radius 3 is 2.45 bits per heavy atom. The van der Waals surface area contributed by atoms with Gasteiger partial charge in [-0.05, 0) is 59.8 Å². The van der Waals surface area contributed by atoms with E-state index in [9.17, 15) is 8.42 Å². The van der Waals surface area contributed by atoms with E-state index in [1.807, 2.05) is 12.1 Å². The Hall–Kier alpha value is -1.85. The number of anilines is 1. The van der Waals surface area contributed by atoms with Crippen LogP contribution in [0.25, 0.3) is 0 Å². The van der Waals surface area contributed by atoms with E-state index in [0.717, 1.165) is 18.3 Å². The van der Waals surface area contributed by atoms with Crippen LogP contribution in [0.5, 0.6) is 0 Å². The molecule has 29 heavy (non-hydrogen) atoms. The Kier molecular flexibility index (Phi) is 4.52. The minimum absolute atomic E-state index is 0.230. The summed E-state index contributed by atoms with van der Waals surface area (Å²) in [7, 11) is -3.25. The van der Waals surface area contributed by atoms with Crippen LogP contribution in [-0.2, 0) is 15.4 Å². The first-order valence-corrected chi connectivity index (χ1v) is 12.7. The number of piperidine rings is 1. The van der Waals surface area contributed by atoms with E-state index in [1.54, 1.807) is 0 Å². The highest BCUT2D eigenvalue weighted by atomic mass is 32.2. The van der Waals surface area contributed by atoms with Gasteiger partial charge in [-0.25, -0.2) is 8.42 Å². The van der Waals surface area contributed by atoms with E-state index in [2.05, 4.69) is 59.0 Å². The van der Waals surface area contributed by atoms with Crippen LogP contribution in [0.3, 0.4) is 0 Å². The van der Waals surface area contributed by atoms with Gasteiger partial charge in [0.1, 0.15) is 0 Å². The fourth-order valence-electron chi connectivity index (χ4n) is 6.10. The van der Waals surface area contributed by atoms with Gasteiger partial charge in [-0.1, -0.05) is 49.4 Å².